The molecule has 2 atom stereocenters. The van der Waals surface area contributed by atoms with E-state index in [2.05, 4.69) is 74.6 Å². The molecule has 0 aromatic rings. The molecule has 0 aromatic carbocycles. The van der Waals surface area contributed by atoms with E-state index in [0.717, 1.165) is 77.0 Å². The first-order valence-corrected chi connectivity index (χ1v) is 27.1. The lowest BCUT2D eigenvalue weighted by Gasteiger charge is -2.19. The number of rotatable bonds is 47. The molecule has 0 aliphatic carbocycles. The molecular weight excluding hydrogens is 796 g/mol. The van der Waals surface area contributed by atoms with Gasteiger partial charge >= 0.3 is 19.8 Å². The minimum Gasteiger partial charge on any atom is -0.462 e. The van der Waals surface area contributed by atoms with E-state index in [1.54, 1.807) is 6.92 Å². The van der Waals surface area contributed by atoms with Crippen molar-refractivity contribution < 1.29 is 37.6 Å². The lowest BCUT2D eigenvalue weighted by molar-refractivity contribution is -0.161. The standard InChI is InChI=1S/C53H95O8P/c1-4-7-9-11-13-15-17-19-21-23-25-26-27-28-30-31-33-35-37-39-41-43-45-47-52(54)58-49-51(50-60-62(56,57)59-6-3)61-53(55)48-46-44-42-40-38-36-34-32-29-24-22-20-18-16-14-12-10-8-5-2/h14,16-17,19-20,22-23,25,29,32,51H,4-13,15,18,21,24,26-28,30-31,33-50H2,1-3H3,(H,56,57)/b16-14-,19-17-,22-20-,25-23-,32-29-. The van der Waals surface area contributed by atoms with Gasteiger partial charge in [-0.2, -0.15) is 0 Å². The van der Waals surface area contributed by atoms with E-state index in [9.17, 15) is 19.0 Å². The van der Waals surface area contributed by atoms with Crippen molar-refractivity contribution in [1.29, 1.82) is 0 Å². The number of unbranched alkanes of at least 4 members (excludes halogenated alkanes) is 25. The predicted molar refractivity (Wildman–Crippen MR) is 262 cm³/mol. The SMILES string of the molecule is CCCCC/C=C\C/C=C\C/C=C\CCCCCCCCC(=O)OC(COC(=O)CCCCCCCCCCCCC/C=C\C/C=C\CCCCCCC)COP(=O)(O)OCC. The maximum Gasteiger partial charge on any atom is 0.472 e. The summed E-state index contributed by atoms with van der Waals surface area (Å²) < 4.78 is 32.8. The molecule has 1 N–H and O–H groups in total. The van der Waals surface area contributed by atoms with Gasteiger partial charge in [0, 0.05) is 12.8 Å². The second kappa shape index (κ2) is 48.2. The maximum absolute atomic E-state index is 12.6. The smallest absolute Gasteiger partial charge is 0.462 e. The van der Waals surface area contributed by atoms with Gasteiger partial charge in [0.2, 0.25) is 0 Å². The fourth-order valence-electron chi connectivity index (χ4n) is 7.02. The largest absolute Gasteiger partial charge is 0.472 e. The number of allylic oxidation sites excluding steroid dienone is 10. The normalized spacial score (nSPS) is 13.7. The van der Waals surface area contributed by atoms with Crippen molar-refractivity contribution >= 4 is 19.8 Å². The summed E-state index contributed by atoms with van der Waals surface area (Å²) in [6, 6.07) is 0. The van der Waals surface area contributed by atoms with Crippen LogP contribution < -0.4 is 0 Å². The van der Waals surface area contributed by atoms with Crippen LogP contribution in [0, 0.1) is 0 Å². The summed E-state index contributed by atoms with van der Waals surface area (Å²) >= 11 is 0. The molecule has 62 heavy (non-hydrogen) atoms. The highest BCUT2D eigenvalue weighted by Crippen LogP contribution is 2.43. The lowest BCUT2D eigenvalue weighted by Crippen LogP contribution is -2.29. The number of hydrogen-bond donors (Lipinski definition) is 1. The minimum absolute atomic E-state index is 0.00458. The first-order chi connectivity index (χ1) is 30.3. The highest BCUT2D eigenvalue weighted by molar-refractivity contribution is 7.47. The van der Waals surface area contributed by atoms with Crippen LogP contribution in [0.3, 0.4) is 0 Å². The molecule has 0 fully saturated rings. The van der Waals surface area contributed by atoms with Gasteiger partial charge < -0.3 is 14.4 Å². The molecule has 0 radical (unpaired) electrons. The van der Waals surface area contributed by atoms with Crippen LogP contribution in [0.1, 0.15) is 239 Å². The van der Waals surface area contributed by atoms with Crippen LogP contribution in [0.4, 0.5) is 0 Å². The number of ether oxygens (including phenoxy) is 2. The average Bonchev–Trinajstić information content (AvgIpc) is 3.25. The molecule has 360 valence electrons. The Morgan fingerprint density at radius 2 is 0.774 bits per heavy atom. The monoisotopic (exact) mass is 891 g/mol. The molecular formula is C53H95O8P. The summed E-state index contributed by atoms with van der Waals surface area (Å²) in [7, 11) is -4.29. The van der Waals surface area contributed by atoms with Crippen LogP contribution in [0.2, 0.25) is 0 Å². The van der Waals surface area contributed by atoms with Crippen molar-refractivity contribution in [1.82, 2.24) is 0 Å². The van der Waals surface area contributed by atoms with Gasteiger partial charge in [-0.1, -0.05) is 197 Å². The molecule has 0 saturated heterocycles. The topological polar surface area (TPSA) is 108 Å². The number of esters is 2. The number of carbonyl (C=O) groups excluding carboxylic acids is 2. The zero-order valence-electron chi connectivity index (χ0n) is 40.3. The van der Waals surface area contributed by atoms with Crippen molar-refractivity contribution in [3.8, 4) is 0 Å². The van der Waals surface area contributed by atoms with Crippen molar-refractivity contribution in [2.24, 2.45) is 0 Å². The van der Waals surface area contributed by atoms with Crippen LogP contribution in [0.25, 0.3) is 0 Å². The molecule has 0 rings (SSSR count). The Morgan fingerprint density at radius 1 is 0.435 bits per heavy atom. The maximum atomic E-state index is 12.6. The number of phosphoric acid groups is 1. The summed E-state index contributed by atoms with van der Waals surface area (Å²) in [6.07, 6.45) is 59.9. The molecule has 0 heterocycles. The average molecular weight is 891 g/mol. The summed E-state index contributed by atoms with van der Waals surface area (Å²) in [5, 5.41) is 0. The van der Waals surface area contributed by atoms with Gasteiger partial charge in [-0.05, 0) is 90.4 Å². The molecule has 0 saturated carbocycles. The van der Waals surface area contributed by atoms with E-state index < -0.39 is 26.5 Å². The molecule has 0 aliphatic rings. The zero-order chi connectivity index (χ0) is 45.3. The summed E-state index contributed by atoms with van der Waals surface area (Å²) in [5.41, 5.74) is 0. The molecule has 9 heteroatoms. The first kappa shape index (κ1) is 59.8. The van der Waals surface area contributed by atoms with Crippen molar-refractivity contribution in [2.45, 2.75) is 245 Å². The molecule has 2 unspecified atom stereocenters. The van der Waals surface area contributed by atoms with Gasteiger partial charge in [-0.25, -0.2) is 4.57 Å². The summed E-state index contributed by atoms with van der Waals surface area (Å²) in [4.78, 5) is 34.9. The molecule has 0 aliphatic heterocycles. The number of carbonyl (C=O) groups is 2. The van der Waals surface area contributed by atoms with E-state index in [1.165, 1.54) is 122 Å². The molecule has 0 aromatic heterocycles. The van der Waals surface area contributed by atoms with Crippen LogP contribution in [0.15, 0.2) is 60.8 Å². The zero-order valence-corrected chi connectivity index (χ0v) is 41.2. The molecule has 0 bridgehead atoms. The molecule has 8 nitrogen and oxygen atoms in total. The van der Waals surface area contributed by atoms with Crippen LogP contribution in [-0.2, 0) is 32.7 Å². The molecule has 0 amide bonds. The number of hydrogen-bond acceptors (Lipinski definition) is 7. The third kappa shape index (κ3) is 47.2. The predicted octanol–water partition coefficient (Wildman–Crippen LogP) is 16.7. The van der Waals surface area contributed by atoms with Crippen LogP contribution >= 0.6 is 7.82 Å². The summed E-state index contributed by atoms with van der Waals surface area (Å²) in [6.45, 7) is 5.44. The summed E-state index contributed by atoms with van der Waals surface area (Å²) in [5.74, 6) is -0.811. The Balaban J connectivity index is 4.01. The first-order valence-electron chi connectivity index (χ1n) is 25.6. The van der Waals surface area contributed by atoms with Gasteiger partial charge in [0.15, 0.2) is 6.10 Å². The van der Waals surface area contributed by atoms with Crippen LogP contribution in [-0.4, -0.2) is 42.8 Å². The van der Waals surface area contributed by atoms with Crippen molar-refractivity contribution in [2.75, 3.05) is 19.8 Å². The second-order valence-electron chi connectivity index (χ2n) is 16.8. The Hall–Kier alpha value is -2.25. The molecule has 0 spiro atoms. The van der Waals surface area contributed by atoms with Gasteiger partial charge in [-0.15, -0.1) is 0 Å². The minimum atomic E-state index is -4.29. The van der Waals surface area contributed by atoms with Crippen molar-refractivity contribution in [3.63, 3.8) is 0 Å². The third-order valence-electron chi connectivity index (χ3n) is 10.8. The lowest BCUT2D eigenvalue weighted by atomic mass is 10.0. The van der Waals surface area contributed by atoms with Crippen LogP contribution in [0.5, 0.6) is 0 Å². The second-order valence-corrected chi connectivity index (χ2v) is 18.3. The fraction of sp³-hybridized carbons (Fsp3) is 0.774. The van der Waals surface area contributed by atoms with Gasteiger partial charge in [-0.3, -0.25) is 18.6 Å². The van der Waals surface area contributed by atoms with Gasteiger partial charge in [0.25, 0.3) is 0 Å². The van der Waals surface area contributed by atoms with E-state index in [4.69, 9.17) is 18.5 Å². The van der Waals surface area contributed by atoms with E-state index in [-0.39, 0.29) is 32.0 Å². The Kier molecular flexibility index (Phi) is 46.5. The Bertz CT molecular complexity index is 1190. The Labute approximate surface area is 381 Å². The highest BCUT2D eigenvalue weighted by Gasteiger charge is 2.25. The van der Waals surface area contributed by atoms with Gasteiger partial charge in [0.1, 0.15) is 6.61 Å². The third-order valence-corrected chi connectivity index (χ3v) is 11.9. The van der Waals surface area contributed by atoms with E-state index >= 15 is 0 Å². The highest BCUT2D eigenvalue weighted by atomic mass is 31.2. The van der Waals surface area contributed by atoms with Crippen molar-refractivity contribution in [3.05, 3.63) is 60.8 Å². The van der Waals surface area contributed by atoms with E-state index in [1.807, 2.05) is 0 Å². The number of phosphoric ester groups is 1. The Morgan fingerprint density at radius 3 is 1.19 bits per heavy atom. The van der Waals surface area contributed by atoms with Gasteiger partial charge in [0.05, 0.1) is 13.2 Å². The fourth-order valence-corrected chi connectivity index (χ4v) is 7.78. The van der Waals surface area contributed by atoms with E-state index in [0.29, 0.717) is 6.42 Å². The quantitative estimate of drug-likeness (QED) is 0.0279.